The molecule has 1 atom stereocenters. The number of carbonyl (C=O) groups is 3. The summed E-state index contributed by atoms with van der Waals surface area (Å²) in [6, 6.07) is 7.77. The SMILES string of the molecule is COc1ccc2c(c1F)C(=O)N(C[C@](C)(NC(=O)NC=O)c1cc3nc(N4CCCNCC4)ccc3o1)C2. The number of methoxy groups -OCH3 is 1. The Kier molecular flexibility index (Phi) is 6.89. The molecule has 1 saturated heterocycles. The quantitative estimate of drug-likeness (QED) is 0.401. The summed E-state index contributed by atoms with van der Waals surface area (Å²) >= 11 is 0. The predicted molar refractivity (Wildman–Crippen MR) is 136 cm³/mol. The Morgan fingerprint density at radius 1 is 1.29 bits per heavy atom. The van der Waals surface area contributed by atoms with Gasteiger partial charge < -0.3 is 29.6 Å². The Bertz CT molecular complexity index is 1390. The Morgan fingerprint density at radius 3 is 2.92 bits per heavy atom. The highest BCUT2D eigenvalue weighted by atomic mass is 19.1. The van der Waals surface area contributed by atoms with Crippen LogP contribution < -0.4 is 25.6 Å². The van der Waals surface area contributed by atoms with Gasteiger partial charge in [-0.1, -0.05) is 6.07 Å². The Hall–Kier alpha value is -4.19. The van der Waals surface area contributed by atoms with Crippen LogP contribution >= 0.6 is 0 Å². The van der Waals surface area contributed by atoms with E-state index in [2.05, 4.69) is 20.9 Å². The fourth-order valence-corrected chi connectivity index (χ4v) is 5.02. The van der Waals surface area contributed by atoms with Crippen molar-refractivity contribution in [2.24, 2.45) is 0 Å². The molecule has 38 heavy (non-hydrogen) atoms. The van der Waals surface area contributed by atoms with Gasteiger partial charge in [0, 0.05) is 32.2 Å². The molecular formula is C26H29FN6O5. The van der Waals surface area contributed by atoms with Gasteiger partial charge in [-0.05, 0) is 43.7 Å². The average Bonchev–Trinajstić information content (AvgIpc) is 3.34. The average molecular weight is 525 g/mol. The number of hydrogen-bond acceptors (Lipinski definition) is 8. The molecule has 0 radical (unpaired) electrons. The number of amides is 4. The van der Waals surface area contributed by atoms with Crippen LogP contribution in [-0.2, 0) is 16.9 Å². The Morgan fingerprint density at radius 2 is 2.13 bits per heavy atom. The topological polar surface area (TPSA) is 129 Å². The second-order valence-electron chi connectivity index (χ2n) is 9.58. The number of aromatic nitrogens is 1. The third kappa shape index (κ3) is 4.74. The third-order valence-electron chi connectivity index (χ3n) is 6.93. The summed E-state index contributed by atoms with van der Waals surface area (Å²) in [6.45, 7) is 5.27. The van der Waals surface area contributed by atoms with E-state index in [9.17, 15) is 18.8 Å². The lowest BCUT2D eigenvalue weighted by molar-refractivity contribution is -0.108. The number of fused-ring (bicyclic) bond motifs is 2. The van der Waals surface area contributed by atoms with Crippen LogP contribution in [0.15, 0.2) is 34.7 Å². The number of rotatable bonds is 7. The fraction of sp³-hybridized carbons (Fsp3) is 0.385. The van der Waals surface area contributed by atoms with Gasteiger partial charge in [-0.15, -0.1) is 0 Å². The first-order valence-corrected chi connectivity index (χ1v) is 12.4. The predicted octanol–water partition coefficient (Wildman–Crippen LogP) is 2.10. The highest BCUT2D eigenvalue weighted by Crippen LogP contribution is 2.35. The minimum atomic E-state index is -1.28. The third-order valence-corrected chi connectivity index (χ3v) is 6.93. The largest absolute Gasteiger partial charge is 0.494 e. The van der Waals surface area contributed by atoms with E-state index in [0.29, 0.717) is 22.4 Å². The number of halogens is 1. The van der Waals surface area contributed by atoms with Crippen LogP contribution in [0.3, 0.4) is 0 Å². The molecule has 1 aromatic carbocycles. The van der Waals surface area contributed by atoms with Crippen LogP contribution in [0.4, 0.5) is 15.0 Å². The maximum absolute atomic E-state index is 14.9. The summed E-state index contributed by atoms with van der Waals surface area (Å²) in [7, 11) is 1.33. The molecule has 0 spiro atoms. The Labute approximate surface area is 218 Å². The summed E-state index contributed by atoms with van der Waals surface area (Å²) in [5.74, 6) is -0.139. The van der Waals surface area contributed by atoms with Crippen molar-refractivity contribution >= 4 is 35.3 Å². The summed E-state index contributed by atoms with van der Waals surface area (Å²) in [5, 5.41) is 8.16. The second-order valence-corrected chi connectivity index (χ2v) is 9.58. The van der Waals surface area contributed by atoms with Crippen molar-refractivity contribution in [1.82, 2.24) is 25.8 Å². The van der Waals surface area contributed by atoms with Gasteiger partial charge in [0.25, 0.3) is 5.91 Å². The molecule has 3 aromatic rings. The van der Waals surface area contributed by atoms with Gasteiger partial charge >= 0.3 is 6.03 Å². The van der Waals surface area contributed by atoms with E-state index >= 15 is 0 Å². The molecule has 0 saturated carbocycles. The van der Waals surface area contributed by atoms with Crippen LogP contribution in [0.25, 0.3) is 11.1 Å². The van der Waals surface area contributed by atoms with E-state index in [1.54, 1.807) is 19.1 Å². The zero-order chi connectivity index (χ0) is 26.9. The smallest absolute Gasteiger partial charge is 0.322 e. The van der Waals surface area contributed by atoms with Gasteiger partial charge in [0.1, 0.15) is 22.6 Å². The molecule has 5 rings (SSSR count). The van der Waals surface area contributed by atoms with Crippen molar-refractivity contribution in [2.75, 3.05) is 44.7 Å². The Balaban J connectivity index is 1.47. The fourth-order valence-electron chi connectivity index (χ4n) is 5.02. The van der Waals surface area contributed by atoms with E-state index in [1.807, 2.05) is 12.1 Å². The number of hydrogen-bond donors (Lipinski definition) is 3. The monoisotopic (exact) mass is 524 g/mol. The summed E-state index contributed by atoms with van der Waals surface area (Å²) in [4.78, 5) is 45.0. The molecule has 0 unspecified atom stereocenters. The van der Waals surface area contributed by atoms with Crippen LogP contribution in [0.5, 0.6) is 5.75 Å². The zero-order valence-corrected chi connectivity index (χ0v) is 21.2. The number of benzene rings is 1. The summed E-state index contributed by atoms with van der Waals surface area (Å²) in [5.41, 5.74) is 0.263. The van der Waals surface area contributed by atoms with Crippen molar-refractivity contribution in [2.45, 2.75) is 25.4 Å². The van der Waals surface area contributed by atoms with Crippen molar-refractivity contribution in [3.05, 3.63) is 53.0 Å². The van der Waals surface area contributed by atoms with Crippen molar-refractivity contribution in [3.63, 3.8) is 0 Å². The van der Waals surface area contributed by atoms with E-state index in [1.165, 1.54) is 18.1 Å². The number of imide groups is 1. The van der Waals surface area contributed by atoms with Gasteiger partial charge in [0.15, 0.2) is 17.1 Å². The van der Waals surface area contributed by atoms with E-state index in [0.717, 1.165) is 38.4 Å². The first-order valence-electron chi connectivity index (χ1n) is 12.4. The van der Waals surface area contributed by atoms with E-state index in [4.69, 9.17) is 14.1 Å². The molecule has 2 aliphatic rings. The molecule has 3 N–H and O–H groups in total. The molecule has 2 aromatic heterocycles. The number of anilines is 1. The highest BCUT2D eigenvalue weighted by Gasteiger charge is 2.40. The number of carbonyl (C=O) groups excluding carboxylic acids is 3. The molecular weight excluding hydrogens is 495 g/mol. The molecule has 0 bridgehead atoms. The number of urea groups is 1. The molecule has 0 aliphatic carbocycles. The molecule has 11 nitrogen and oxygen atoms in total. The minimum Gasteiger partial charge on any atom is -0.494 e. The van der Waals surface area contributed by atoms with E-state index < -0.39 is 23.3 Å². The zero-order valence-electron chi connectivity index (χ0n) is 21.2. The lowest BCUT2D eigenvalue weighted by Gasteiger charge is -2.32. The van der Waals surface area contributed by atoms with Crippen LogP contribution in [-0.4, -0.2) is 68.1 Å². The number of nitrogens with zero attached hydrogens (tertiary/aromatic N) is 3. The molecule has 1 fully saturated rings. The van der Waals surface area contributed by atoms with Crippen LogP contribution in [0.2, 0.25) is 0 Å². The van der Waals surface area contributed by atoms with E-state index in [-0.39, 0.29) is 30.8 Å². The molecule has 2 aliphatic heterocycles. The van der Waals surface area contributed by atoms with Crippen molar-refractivity contribution in [1.29, 1.82) is 0 Å². The number of ether oxygens (including phenoxy) is 1. The minimum absolute atomic E-state index is 0.0236. The van der Waals surface area contributed by atoms with Crippen molar-refractivity contribution in [3.8, 4) is 5.75 Å². The van der Waals surface area contributed by atoms with Crippen molar-refractivity contribution < 1.29 is 27.9 Å². The standard InChI is InChI=1S/C26H29FN6O5/c1-26(31-25(36)29-15-34,14-33-13-16-4-5-19(37-2)23(27)22(16)24(33)35)20-12-17-18(38-20)6-7-21(30-17)32-10-3-8-28-9-11-32/h4-7,12,15,28H,3,8-11,13-14H2,1-2H3,(H2,29,31,34,36)/t26-/m0/s1. The van der Waals surface area contributed by atoms with Crippen LogP contribution in [0, 0.1) is 5.82 Å². The van der Waals surface area contributed by atoms with Gasteiger partial charge in [-0.3, -0.25) is 14.9 Å². The number of nitrogens with one attached hydrogen (secondary N) is 3. The lowest BCUT2D eigenvalue weighted by Crippen LogP contribution is -2.53. The molecule has 4 heterocycles. The molecule has 200 valence electrons. The second kappa shape index (κ2) is 10.3. The maximum atomic E-state index is 14.9. The van der Waals surface area contributed by atoms with Crippen LogP contribution in [0.1, 0.15) is 35.0 Å². The van der Waals surface area contributed by atoms with Gasteiger partial charge in [0.2, 0.25) is 6.41 Å². The maximum Gasteiger partial charge on any atom is 0.322 e. The molecule has 4 amide bonds. The van der Waals surface area contributed by atoms with Gasteiger partial charge in [-0.2, -0.15) is 0 Å². The van der Waals surface area contributed by atoms with Gasteiger partial charge in [-0.25, -0.2) is 14.2 Å². The summed E-state index contributed by atoms with van der Waals surface area (Å²) in [6.07, 6.45) is 1.26. The highest BCUT2D eigenvalue weighted by molar-refractivity contribution is 5.99. The first-order chi connectivity index (χ1) is 18.3. The normalized spacial score (nSPS) is 17.1. The summed E-state index contributed by atoms with van der Waals surface area (Å²) < 4.78 is 26.0. The number of furan rings is 1. The lowest BCUT2D eigenvalue weighted by atomic mass is 9.98. The number of pyridine rings is 1. The first kappa shape index (κ1) is 25.5. The van der Waals surface area contributed by atoms with Gasteiger partial charge in [0.05, 0.1) is 19.2 Å². The molecule has 12 heteroatoms.